The van der Waals surface area contributed by atoms with Crippen LogP contribution in [-0.2, 0) is 22.4 Å². The Bertz CT molecular complexity index is 476. The van der Waals surface area contributed by atoms with Gasteiger partial charge in [0.05, 0.1) is 12.2 Å². The highest BCUT2D eigenvalue weighted by Crippen LogP contribution is 2.34. The van der Waals surface area contributed by atoms with E-state index in [-0.39, 0.29) is 24.4 Å². The molecule has 5 nitrogen and oxygen atoms in total. The van der Waals surface area contributed by atoms with Gasteiger partial charge in [-0.25, -0.2) is 0 Å². The van der Waals surface area contributed by atoms with Crippen molar-refractivity contribution in [1.82, 2.24) is 0 Å². The normalized spacial score (nSPS) is 31.2. The third-order valence-corrected chi connectivity index (χ3v) is 7.54. The molecule has 1 rings (SSSR count). The van der Waals surface area contributed by atoms with Gasteiger partial charge in [-0.2, -0.15) is 0 Å². The van der Waals surface area contributed by atoms with E-state index in [2.05, 4.69) is 85.5 Å². The van der Waals surface area contributed by atoms with Gasteiger partial charge in [-0.15, -0.1) is 0 Å². The predicted molar refractivity (Wildman–Crippen MR) is 123 cm³/mol. The van der Waals surface area contributed by atoms with Gasteiger partial charge < -0.3 is 22.4 Å². The number of hydrogen-bond acceptors (Lipinski definition) is 5. The first-order valence-corrected chi connectivity index (χ1v) is 23.8. The summed E-state index contributed by atoms with van der Waals surface area (Å²) in [4.78, 5) is 0. The summed E-state index contributed by atoms with van der Waals surface area (Å²) in [7, 11) is -7.26. The van der Waals surface area contributed by atoms with Gasteiger partial charge >= 0.3 is 0 Å². The second-order valence-corrected chi connectivity index (χ2v) is 29.4. The van der Waals surface area contributed by atoms with E-state index in [4.69, 9.17) is 22.4 Å². The van der Waals surface area contributed by atoms with Crippen LogP contribution in [0.25, 0.3) is 0 Å². The Kier molecular flexibility index (Phi) is 8.38. The molecule has 1 aliphatic rings. The van der Waals surface area contributed by atoms with E-state index in [1.165, 1.54) is 0 Å². The fourth-order valence-corrected chi connectivity index (χ4v) is 7.24. The molecule has 0 amide bonds. The van der Waals surface area contributed by atoms with Crippen molar-refractivity contribution < 1.29 is 22.4 Å². The average Bonchev–Trinajstić information content (AvgIpc) is 2.32. The molecule has 0 radical (unpaired) electrons. The van der Waals surface area contributed by atoms with E-state index in [1.54, 1.807) is 0 Å². The fraction of sp³-hybridized carbons (Fsp3) is 1.00. The Hall–Kier alpha value is 0.668. The molecule has 5 atom stereocenters. The van der Waals surface area contributed by atoms with Crippen molar-refractivity contribution in [2.45, 2.75) is 116 Å². The number of ether oxygens (including phenoxy) is 1. The summed E-state index contributed by atoms with van der Waals surface area (Å²) in [6.07, 6.45) is -1.05. The van der Waals surface area contributed by atoms with Gasteiger partial charge in [-0.05, 0) is 85.5 Å². The average molecular weight is 453 g/mol. The van der Waals surface area contributed by atoms with Crippen LogP contribution in [0, 0.1) is 0 Å². The van der Waals surface area contributed by atoms with Crippen LogP contribution >= 0.6 is 0 Å². The summed E-state index contributed by atoms with van der Waals surface area (Å²) in [5, 5.41) is 0. The van der Waals surface area contributed by atoms with Crippen LogP contribution in [0.15, 0.2) is 0 Å². The van der Waals surface area contributed by atoms with Gasteiger partial charge in [-0.3, -0.25) is 0 Å². The van der Waals surface area contributed by atoms with Crippen molar-refractivity contribution in [2.75, 3.05) is 0 Å². The molecule has 0 aromatic heterocycles. The van der Waals surface area contributed by atoms with Crippen LogP contribution in [0.5, 0.6) is 0 Å². The SMILES string of the molecule is C[C@@H]1O[C@@H](O[Si](C)(C)C)[C@@H](O[Si](C)(C)C)[C@H](O[Si](C)(C)C)[C@H]1O[Si](C)(C)C. The second kappa shape index (κ2) is 8.81. The lowest BCUT2D eigenvalue weighted by atomic mass is 10.0. The summed E-state index contributed by atoms with van der Waals surface area (Å²) in [5.74, 6) is 0. The van der Waals surface area contributed by atoms with Crippen LogP contribution in [0.2, 0.25) is 78.6 Å². The zero-order valence-electron chi connectivity index (χ0n) is 19.9. The Morgan fingerprint density at radius 3 is 1.19 bits per heavy atom. The van der Waals surface area contributed by atoms with Crippen molar-refractivity contribution in [3.05, 3.63) is 0 Å². The third-order valence-electron chi connectivity index (χ3n) is 3.67. The molecular weight excluding hydrogens is 409 g/mol. The summed E-state index contributed by atoms with van der Waals surface area (Å²) >= 11 is 0. The monoisotopic (exact) mass is 452 g/mol. The van der Waals surface area contributed by atoms with Crippen molar-refractivity contribution in [3.63, 3.8) is 0 Å². The minimum absolute atomic E-state index is 0.0964. The summed E-state index contributed by atoms with van der Waals surface area (Å²) in [6.45, 7) is 28.6. The highest BCUT2D eigenvalue weighted by atomic mass is 28.4. The maximum absolute atomic E-state index is 6.70. The van der Waals surface area contributed by atoms with Crippen molar-refractivity contribution >= 4 is 33.3 Å². The summed E-state index contributed by atoms with van der Waals surface area (Å²) in [5.41, 5.74) is 0. The predicted octanol–water partition coefficient (Wildman–Crippen LogP) is 5.24. The van der Waals surface area contributed by atoms with Gasteiger partial charge in [-0.1, -0.05) is 0 Å². The summed E-state index contributed by atoms with van der Waals surface area (Å²) < 4.78 is 32.7. The molecule has 1 saturated heterocycles. The lowest BCUT2D eigenvalue weighted by molar-refractivity contribution is -0.259. The van der Waals surface area contributed by atoms with E-state index in [0.29, 0.717) is 0 Å². The second-order valence-electron chi connectivity index (χ2n) is 11.5. The lowest BCUT2D eigenvalue weighted by Crippen LogP contribution is -2.65. The Morgan fingerprint density at radius 1 is 0.481 bits per heavy atom. The van der Waals surface area contributed by atoms with Gasteiger partial charge in [0.25, 0.3) is 0 Å². The summed E-state index contributed by atoms with van der Waals surface area (Å²) in [6, 6.07) is 0. The van der Waals surface area contributed by atoms with Gasteiger partial charge in [0.2, 0.25) is 0 Å². The fourth-order valence-electron chi connectivity index (χ4n) is 3.06. The smallest absolute Gasteiger partial charge is 0.187 e. The Balaban J connectivity index is 3.32. The lowest BCUT2D eigenvalue weighted by Gasteiger charge is -2.51. The van der Waals surface area contributed by atoms with Crippen molar-refractivity contribution in [1.29, 1.82) is 0 Å². The minimum atomic E-state index is -1.84. The van der Waals surface area contributed by atoms with E-state index >= 15 is 0 Å². The van der Waals surface area contributed by atoms with Crippen LogP contribution in [-0.4, -0.2) is 64.0 Å². The van der Waals surface area contributed by atoms with Crippen LogP contribution < -0.4 is 0 Å². The molecule has 0 saturated carbocycles. The number of rotatable bonds is 8. The van der Waals surface area contributed by atoms with Crippen LogP contribution in [0.4, 0.5) is 0 Å². The molecule has 0 aliphatic carbocycles. The third kappa shape index (κ3) is 9.81. The topological polar surface area (TPSA) is 46.2 Å². The molecule has 0 unspecified atom stereocenters. The molecule has 0 N–H and O–H groups in total. The molecule has 1 aliphatic heterocycles. The highest BCUT2D eigenvalue weighted by molar-refractivity contribution is 6.71. The maximum Gasteiger partial charge on any atom is 0.187 e. The molecule has 162 valence electrons. The molecule has 0 bridgehead atoms. The molecule has 0 spiro atoms. The first-order valence-electron chi connectivity index (χ1n) is 10.1. The number of hydrogen-bond donors (Lipinski definition) is 0. The Labute approximate surface area is 172 Å². The minimum Gasteiger partial charge on any atom is -0.409 e. The first kappa shape index (κ1) is 25.7. The van der Waals surface area contributed by atoms with E-state index < -0.39 is 39.6 Å². The zero-order chi connectivity index (χ0) is 21.4. The largest absolute Gasteiger partial charge is 0.409 e. The molecule has 0 aromatic rings. The van der Waals surface area contributed by atoms with Crippen LogP contribution in [0.3, 0.4) is 0 Å². The molecule has 9 heteroatoms. The van der Waals surface area contributed by atoms with E-state index in [0.717, 1.165) is 0 Å². The van der Waals surface area contributed by atoms with E-state index in [1.807, 2.05) is 0 Å². The standard InChI is InChI=1S/C18H44O5Si4/c1-14-15(20-24(2,3)4)16(21-25(5,6)7)17(22-26(8,9)10)18(19-14)23-27(11,12)13/h14-18H,1-13H3/t14-,15-,16+,17-,18-/m0/s1. The van der Waals surface area contributed by atoms with E-state index in [9.17, 15) is 0 Å². The molecule has 0 aromatic carbocycles. The van der Waals surface area contributed by atoms with Gasteiger partial charge in [0.15, 0.2) is 39.6 Å². The Morgan fingerprint density at radius 2 is 0.815 bits per heavy atom. The van der Waals surface area contributed by atoms with Crippen LogP contribution in [0.1, 0.15) is 6.92 Å². The molecule has 1 fully saturated rings. The molecular formula is C18H44O5Si4. The zero-order valence-corrected chi connectivity index (χ0v) is 23.9. The van der Waals surface area contributed by atoms with Gasteiger partial charge in [0.1, 0.15) is 12.2 Å². The first-order chi connectivity index (χ1) is 11.8. The molecule has 1 heterocycles. The molecule has 27 heavy (non-hydrogen) atoms. The van der Waals surface area contributed by atoms with Gasteiger partial charge in [0, 0.05) is 0 Å². The maximum atomic E-state index is 6.70. The highest BCUT2D eigenvalue weighted by Gasteiger charge is 2.51. The van der Waals surface area contributed by atoms with Crippen molar-refractivity contribution in [3.8, 4) is 0 Å². The quantitative estimate of drug-likeness (QED) is 0.471. The van der Waals surface area contributed by atoms with Crippen molar-refractivity contribution in [2.24, 2.45) is 0 Å².